The molecule has 0 aliphatic rings. The van der Waals surface area contributed by atoms with Crippen LogP contribution in [0.1, 0.15) is 40.0 Å². The first kappa shape index (κ1) is 20.2. The average Bonchev–Trinajstić information content (AvgIpc) is 2.31. The summed E-state index contributed by atoms with van der Waals surface area (Å²) >= 11 is 0. The van der Waals surface area contributed by atoms with Crippen molar-refractivity contribution < 1.29 is 21.3 Å². The maximum atomic E-state index is 9.92. The number of nitrogens with zero attached hydrogens (tertiary/aromatic N) is 1. The predicted octanol–water partition coefficient (Wildman–Crippen LogP) is 2.19. The van der Waals surface area contributed by atoms with Gasteiger partial charge < -0.3 is 4.48 Å². The van der Waals surface area contributed by atoms with Crippen molar-refractivity contribution in [2.24, 2.45) is 0 Å². The molecule has 0 fully saturated rings. The fourth-order valence-electron chi connectivity index (χ4n) is 2.02. The van der Waals surface area contributed by atoms with Crippen LogP contribution in [-0.2, 0) is 18.8 Å². The summed E-state index contributed by atoms with van der Waals surface area (Å²) in [6, 6.07) is 0. The monoisotopic (exact) mass is 284 g/mol. The Labute approximate surface area is 113 Å². The molecule has 0 aliphatic carbocycles. The van der Waals surface area contributed by atoms with Crippen LogP contribution in [0.15, 0.2) is 0 Å². The SMILES string of the molecule is CCC[N+](C)(CCC)CCC.COS(=O)(=O)OC. The van der Waals surface area contributed by atoms with Crippen molar-refractivity contribution in [1.82, 2.24) is 0 Å². The smallest absolute Gasteiger partial charge is 0.326 e. The van der Waals surface area contributed by atoms with E-state index < -0.39 is 10.4 Å². The van der Waals surface area contributed by atoms with E-state index in [1.165, 1.54) is 43.4 Å². The maximum Gasteiger partial charge on any atom is 0.399 e. The van der Waals surface area contributed by atoms with E-state index in [4.69, 9.17) is 0 Å². The topological polar surface area (TPSA) is 52.6 Å². The third-order valence-electron chi connectivity index (χ3n) is 2.70. The molecule has 0 saturated carbocycles. The summed E-state index contributed by atoms with van der Waals surface area (Å²) in [7, 11) is 0.781. The van der Waals surface area contributed by atoms with Gasteiger partial charge in [-0.25, -0.2) is 0 Å². The largest absolute Gasteiger partial charge is 0.399 e. The van der Waals surface area contributed by atoms with Crippen LogP contribution in [0.2, 0.25) is 0 Å². The van der Waals surface area contributed by atoms with Gasteiger partial charge >= 0.3 is 10.4 Å². The Kier molecular flexibility index (Phi) is 12.0. The van der Waals surface area contributed by atoms with Gasteiger partial charge in [0.15, 0.2) is 0 Å². The number of quaternary nitrogens is 1. The fraction of sp³-hybridized carbons (Fsp3) is 1.00. The lowest BCUT2D eigenvalue weighted by Gasteiger charge is -2.33. The lowest BCUT2D eigenvalue weighted by Crippen LogP contribution is -2.45. The highest BCUT2D eigenvalue weighted by Crippen LogP contribution is 2.06. The van der Waals surface area contributed by atoms with E-state index in [0.717, 1.165) is 14.2 Å². The molecule has 0 aromatic carbocycles. The van der Waals surface area contributed by atoms with E-state index in [1.807, 2.05) is 0 Å². The van der Waals surface area contributed by atoms with Gasteiger partial charge in [0.25, 0.3) is 0 Å². The second-order valence-electron chi connectivity index (χ2n) is 4.53. The van der Waals surface area contributed by atoms with Gasteiger partial charge in [0, 0.05) is 0 Å². The van der Waals surface area contributed by atoms with Gasteiger partial charge in [0.05, 0.1) is 40.9 Å². The third-order valence-corrected chi connectivity index (χ3v) is 3.52. The molecule has 0 amide bonds. The molecular weight excluding hydrogens is 254 g/mol. The molecule has 18 heavy (non-hydrogen) atoms. The van der Waals surface area contributed by atoms with Gasteiger partial charge in [-0.05, 0) is 19.3 Å². The first-order chi connectivity index (χ1) is 8.30. The first-order valence-electron chi connectivity index (χ1n) is 6.50. The molecule has 0 heterocycles. The van der Waals surface area contributed by atoms with Crippen LogP contribution in [0, 0.1) is 0 Å². The van der Waals surface area contributed by atoms with E-state index in [9.17, 15) is 8.42 Å². The number of rotatable bonds is 8. The van der Waals surface area contributed by atoms with Crippen molar-refractivity contribution in [2.75, 3.05) is 40.9 Å². The second kappa shape index (κ2) is 10.7. The summed E-state index contributed by atoms with van der Waals surface area (Å²) in [5.74, 6) is 0. The van der Waals surface area contributed by atoms with Crippen molar-refractivity contribution in [1.29, 1.82) is 0 Å². The molecule has 0 radical (unpaired) electrons. The van der Waals surface area contributed by atoms with Crippen molar-refractivity contribution >= 4 is 10.4 Å². The normalized spacial score (nSPS) is 11.9. The average molecular weight is 284 g/mol. The quantitative estimate of drug-likeness (QED) is 0.641. The Balaban J connectivity index is 0. The van der Waals surface area contributed by atoms with E-state index in [0.29, 0.717) is 0 Å². The third kappa shape index (κ3) is 11.0. The summed E-state index contributed by atoms with van der Waals surface area (Å²) in [4.78, 5) is 0. The lowest BCUT2D eigenvalue weighted by atomic mass is 10.2. The zero-order valence-corrected chi connectivity index (χ0v) is 13.5. The van der Waals surface area contributed by atoms with Crippen LogP contribution in [0.5, 0.6) is 0 Å². The molecule has 0 aromatic heterocycles. The van der Waals surface area contributed by atoms with Crippen LogP contribution in [-0.4, -0.2) is 53.8 Å². The van der Waals surface area contributed by atoms with Crippen molar-refractivity contribution in [2.45, 2.75) is 40.0 Å². The second-order valence-corrected chi connectivity index (χ2v) is 6.02. The van der Waals surface area contributed by atoms with Gasteiger partial charge in [-0.15, -0.1) is 0 Å². The molecule has 0 spiro atoms. The Morgan fingerprint density at radius 2 is 1.11 bits per heavy atom. The molecule has 6 heteroatoms. The highest BCUT2D eigenvalue weighted by molar-refractivity contribution is 7.81. The molecule has 0 aromatic rings. The molecule has 0 bridgehead atoms. The van der Waals surface area contributed by atoms with Crippen molar-refractivity contribution in [3.63, 3.8) is 0 Å². The van der Waals surface area contributed by atoms with E-state index in [2.05, 4.69) is 36.2 Å². The highest BCUT2D eigenvalue weighted by atomic mass is 32.3. The Hall–Kier alpha value is -0.170. The summed E-state index contributed by atoms with van der Waals surface area (Å²) in [5.41, 5.74) is 0. The molecular formula is C12H30NO4S+. The minimum Gasteiger partial charge on any atom is -0.326 e. The molecule has 0 saturated heterocycles. The minimum absolute atomic E-state index is 1.03. The molecule has 0 atom stereocenters. The Bertz CT molecular complexity index is 251. The first-order valence-corrected chi connectivity index (χ1v) is 7.83. The van der Waals surface area contributed by atoms with Gasteiger partial charge in [-0.1, -0.05) is 20.8 Å². The van der Waals surface area contributed by atoms with Crippen molar-refractivity contribution in [3.05, 3.63) is 0 Å². The van der Waals surface area contributed by atoms with E-state index >= 15 is 0 Å². The van der Waals surface area contributed by atoms with Crippen LogP contribution in [0.4, 0.5) is 0 Å². The van der Waals surface area contributed by atoms with Crippen LogP contribution in [0.25, 0.3) is 0 Å². The molecule has 0 rings (SSSR count). The molecule has 5 nitrogen and oxygen atoms in total. The molecule has 0 unspecified atom stereocenters. The zero-order chi connectivity index (χ0) is 14.7. The van der Waals surface area contributed by atoms with Crippen LogP contribution in [0.3, 0.4) is 0 Å². The summed E-state index contributed by atoms with van der Waals surface area (Å²) in [6.45, 7) is 10.9. The van der Waals surface area contributed by atoms with Gasteiger partial charge in [-0.2, -0.15) is 8.42 Å². The molecule has 0 N–H and O–H groups in total. The summed E-state index contributed by atoms with van der Waals surface area (Å²) in [5, 5.41) is 0. The zero-order valence-electron chi connectivity index (χ0n) is 12.7. The van der Waals surface area contributed by atoms with Crippen molar-refractivity contribution in [3.8, 4) is 0 Å². The molecule has 112 valence electrons. The van der Waals surface area contributed by atoms with Crippen LogP contribution < -0.4 is 0 Å². The number of hydrogen-bond donors (Lipinski definition) is 0. The number of hydrogen-bond acceptors (Lipinski definition) is 4. The summed E-state index contributed by atoms with van der Waals surface area (Å²) in [6.07, 6.45) is 3.95. The lowest BCUT2D eigenvalue weighted by molar-refractivity contribution is -0.909. The van der Waals surface area contributed by atoms with Gasteiger partial charge in [-0.3, -0.25) is 8.37 Å². The van der Waals surface area contributed by atoms with E-state index in [-0.39, 0.29) is 0 Å². The van der Waals surface area contributed by atoms with Gasteiger partial charge in [0.2, 0.25) is 0 Å². The maximum absolute atomic E-state index is 9.92. The Morgan fingerprint density at radius 1 is 0.833 bits per heavy atom. The highest BCUT2D eigenvalue weighted by Gasteiger charge is 2.16. The van der Waals surface area contributed by atoms with Crippen LogP contribution >= 0.6 is 0 Å². The molecule has 0 aliphatic heterocycles. The standard InChI is InChI=1S/C10H24N.C2H6O4S/c1-5-8-11(4,9-6-2)10-7-3;1-5-7(3,4)6-2/h5-10H2,1-4H3;1-2H3/q+1;. The summed E-state index contributed by atoms with van der Waals surface area (Å²) < 4.78 is 28.8. The minimum atomic E-state index is -3.66. The Morgan fingerprint density at radius 3 is 1.22 bits per heavy atom. The predicted molar refractivity (Wildman–Crippen MR) is 74.6 cm³/mol. The van der Waals surface area contributed by atoms with E-state index in [1.54, 1.807) is 0 Å². The van der Waals surface area contributed by atoms with Gasteiger partial charge in [0.1, 0.15) is 0 Å². The fourth-order valence-corrected chi connectivity index (χ4v) is 2.16.